The zero-order valence-corrected chi connectivity index (χ0v) is 12.6. The molecule has 1 aromatic carbocycles. The maximum atomic E-state index is 11.9. The standard InChI is InChI=1S/C15H25N3O2/c1-4-12(11-16)15(19)17-13-5-7-14(8-6-13)20-10-9-18(2)3/h5-8,12H,4,9-11,16H2,1-3H3,(H,17,19). The van der Waals surface area contributed by atoms with E-state index in [4.69, 9.17) is 10.5 Å². The Balaban J connectivity index is 2.48. The molecule has 1 atom stereocenters. The number of likely N-dealkylation sites (N-methyl/N-ethyl adjacent to an activating group) is 1. The topological polar surface area (TPSA) is 67.6 Å². The molecular weight excluding hydrogens is 254 g/mol. The molecule has 1 unspecified atom stereocenters. The Morgan fingerprint density at radius 1 is 1.35 bits per heavy atom. The van der Waals surface area contributed by atoms with E-state index in [0.29, 0.717) is 13.2 Å². The molecule has 20 heavy (non-hydrogen) atoms. The number of rotatable bonds is 8. The Morgan fingerprint density at radius 3 is 2.50 bits per heavy atom. The number of anilines is 1. The monoisotopic (exact) mass is 279 g/mol. The third kappa shape index (κ3) is 5.59. The Kier molecular flexibility index (Phi) is 7.04. The Hall–Kier alpha value is -1.59. The lowest BCUT2D eigenvalue weighted by Gasteiger charge is -2.13. The van der Waals surface area contributed by atoms with Crippen molar-refractivity contribution in [3.63, 3.8) is 0 Å². The number of nitrogens with two attached hydrogens (primary N) is 1. The Bertz CT molecular complexity index is 400. The van der Waals surface area contributed by atoms with E-state index in [1.165, 1.54) is 0 Å². The van der Waals surface area contributed by atoms with Gasteiger partial charge in [0.05, 0.1) is 5.92 Å². The van der Waals surface area contributed by atoms with Crippen LogP contribution in [0.25, 0.3) is 0 Å². The fourth-order valence-electron chi connectivity index (χ4n) is 1.68. The largest absolute Gasteiger partial charge is 0.492 e. The number of hydrogen-bond donors (Lipinski definition) is 2. The predicted octanol–water partition coefficient (Wildman–Crippen LogP) is 1.55. The lowest BCUT2D eigenvalue weighted by Crippen LogP contribution is -2.28. The second-order valence-electron chi connectivity index (χ2n) is 5.01. The first kappa shape index (κ1) is 16.5. The average molecular weight is 279 g/mol. The van der Waals surface area contributed by atoms with Crippen molar-refractivity contribution >= 4 is 11.6 Å². The summed E-state index contributed by atoms with van der Waals surface area (Å²) >= 11 is 0. The third-order valence-corrected chi connectivity index (χ3v) is 3.08. The molecule has 0 spiro atoms. The molecule has 1 amide bonds. The van der Waals surface area contributed by atoms with E-state index in [0.717, 1.165) is 24.4 Å². The summed E-state index contributed by atoms with van der Waals surface area (Å²) in [5.74, 6) is 0.637. The van der Waals surface area contributed by atoms with Gasteiger partial charge in [-0.05, 0) is 44.8 Å². The SMILES string of the molecule is CCC(CN)C(=O)Nc1ccc(OCCN(C)C)cc1. The molecule has 0 radical (unpaired) electrons. The molecule has 0 saturated carbocycles. The summed E-state index contributed by atoms with van der Waals surface area (Å²) in [4.78, 5) is 13.9. The van der Waals surface area contributed by atoms with Crippen molar-refractivity contribution in [2.24, 2.45) is 11.7 Å². The van der Waals surface area contributed by atoms with E-state index in [-0.39, 0.29) is 11.8 Å². The van der Waals surface area contributed by atoms with Crippen LogP contribution in [0.4, 0.5) is 5.69 Å². The van der Waals surface area contributed by atoms with E-state index >= 15 is 0 Å². The minimum Gasteiger partial charge on any atom is -0.492 e. The maximum Gasteiger partial charge on any atom is 0.228 e. The zero-order chi connectivity index (χ0) is 15.0. The number of nitrogens with one attached hydrogen (secondary N) is 1. The van der Waals surface area contributed by atoms with E-state index in [9.17, 15) is 4.79 Å². The van der Waals surface area contributed by atoms with Gasteiger partial charge in [0.2, 0.25) is 5.91 Å². The molecule has 1 aromatic rings. The van der Waals surface area contributed by atoms with Crippen molar-refractivity contribution in [3.8, 4) is 5.75 Å². The molecule has 0 saturated heterocycles. The first-order valence-corrected chi connectivity index (χ1v) is 6.95. The van der Waals surface area contributed by atoms with E-state index in [1.807, 2.05) is 45.3 Å². The van der Waals surface area contributed by atoms with E-state index < -0.39 is 0 Å². The molecule has 1 rings (SSSR count). The molecule has 0 heterocycles. The number of ether oxygens (including phenoxy) is 1. The maximum absolute atomic E-state index is 11.9. The summed E-state index contributed by atoms with van der Waals surface area (Å²) in [5.41, 5.74) is 6.32. The van der Waals surface area contributed by atoms with Crippen molar-refractivity contribution < 1.29 is 9.53 Å². The molecule has 3 N–H and O–H groups in total. The summed E-state index contributed by atoms with van der Waals surface area (Å²) in [6, 6.07) is 7.39. The van der Waals surface area contributed by atoms with Gasteiger partial charge in [-0.15, -0.1) is 0 Å². The van der Waals surface area contributed by atoms with Crippen LogP contribution in [-0.2, 0) is 4.79 Å². The lowest BCUT2D eigenvalue weighted by atomic mass is 10.1. The van der Waals surface area contributed by atoms with Crippen molar-refractivity contribution in [2.45, 2.75) is 13.3 Å². The average Bonchev–Trinajstić information content (AvgIpc) is 2.42. The molecule has 0 aliphatic rings. The van der Waals surface area contributed by atoms with Gasteiger partial charge in [-0.2, -0.15) is 0 Å². The van der Waals surface area contributed by atoms with Crippen molar-refractivity contribution in [1.29, 1.82) is 0 Å². The highest BCUT2D eigenvalue weighted by Gasteiger charge is 2.14. The van der Waals surface area contributed by atoms with Crippen LogP contribution in [0.3, 0.4) is 0 Å². The van der Waals surface area contributed by atoms with Crippen LogP contribution < -0.4 is 15.8 Å². The highest BCUT2D eigenvalue weighted by molar-refractivity contribution is 5.92. The first-order valence-electron chi connectivity index (χ1n) is 6.95. The minimum absolute atomic E-state index is 0.0312. The molecule has 0 aliphatic carbocycles. The quantitative estimate of drug-likeness (QED) is 0.757. The van der Waals surface area contributed by atoms with E-state index in [1.54, 1.807) is 0 Å². The number of benzene rings is 1. The summed E-state index contributed by atoms with van der Waals surface area (Å²) < 4.78 is 5.59. The molecule has 0 aromatic heterocycles. The lowest BCUT2D eigenvalue weighted by molar-refractivity contribution is -0.119. The van der Waals surface area contributed by atoms with Crippen molar-refractivity contribution in [3.05, 3.63) is 24.3 Å². The fraction of sp³-hybridized carbons (Fsp3) is 0.533. The van der Waals surface area contributed by atoms with Gasteiger partial charge < -0.3 is 20.7 Å². The fourth-order valence-corrected chi connectivity index (χ4v) is 1.68. The third-order valence-electron chi connectivity index (χ3n) is 3.08. The van der Waals surface area contributed by atoms with Crippen LogP contribution in [0.5, 0.6) is 5.75 Å². The molecule has 112 valence electrons. The number of nitrogens with zero attached hydrogens (tertiary/aromatic N) is 1. The normalized spacial score (nSPS) is 12.2. The summed E-state index contributed by atoms with van der Waals surface area (Å²) in [7, 11) is 4.01. The first-order chi connectivity index (χ1) is 9.56. The molecule has 0 aliphatic heterocycles. The minimum atomic E-state index is -0.133. The Morgan fingerprint density at radius 2 is 2.00 bits per heavy atom. The predicted molar refractivity (Wildman–Crippen MR) is 82.0 cm³/mol. The number of amides is 1. The highest BCUT2D eigenvalue weighted by atomic mass is 16.5. The molecule has 5 nitrogen and oxygen atoms in total. The number of hydrogen-bond acceptors (Lipinski definition) is 4. The van der Waals surface area contributed by atoms with Gasteiger partial charge in [-0.25, -0.2) is 0 Å². The summed E-state index contributed by atoms with van der Waals surface area (Å²) in [6.07, 6.45) is 0.744. The number of carbonyl (C=O) groups is 1. The van der Waals surface area contributed by atoms with Gasteiger partial charge in [-0.1, -0.05) is 6.92 Å². The van der Waals surface area contributed by atoms with Crippen LogP contribution in [0.2, 0.25) is 0 Å². The van der Waals surface area contributed by atoms with Crippen LogP contribution >= 0.6 is 0 Å². The van der Waals surface area contributed by atoms with Crippen LogP contribution in [0.15, 0.2) is 24.3 Å². The van der Waals surface area contributed by atoms with Gasteiger partial charge in [0.15, 0.2) is 0 Å². The van der Waals surface area contributed by atoms with Gasteiger partial charge in [-0.3, -0.25) is 4.79 Å². The highest BCUT2D eigenvalue weighted by Crippen LogP contribution is 2.16. The van der Waals surface area contributed by atoms with Crippen molar-refractivity contribution in [2.75, 3.05) is 39.1 Å². The number of carbonyl (C=O) groups excluding carboxylic acids is 1. The molecule has 0 bridgehead atoms. The zero-order valence-electron chi connectivity index (χ0n) is 12.6. The summed E-state index contributed by atoms with van der Waals surface area (Å²) in [5, 5.41) is 2.86. The second kappa shape index (κ2) is 8.55. The second-order valence-corrected chi connectivity index (χ2v) is 5.01. The summed E-state index contributed by atoms with van der Waals surface area (Å²) in [6.45, 7) is 3.84. The molecule has 0 fully saturated rings. The van der Waals surface area contributed by atoms with Gasteiger partial charge in [0.25, 0.3) is 0 Å². The molecular formula is C15H25N3O2. The molecule has 5 heteroatoms. The van der Waals surface area contributed by atoms with E-state index in [2.05, 4.69) is 10.2 Å². The van der Waals surface area contributed by atoms with Crippen LogP contribution in [0.1, 0.15) is 13.3 Å². The smallest absolute Gasteiger partial charge is 0.228 e. The Labute approximate surface area is 121 Å². The van der Waals surface area contributed by atoms with Crippen molar-refractivity contribution in [1.82, 2.24) is 4.90 Å². The van der Waals surface area contributed by atoms with Gasteiger partial charge >= 0.3 is 0 Å². The van der Waals surface area contributed by atoms with Crippen LogP contribution in [-0.4, -0.2) is 44.6 Å². The van der Waals surface area contributed by atoms with Crippen LogP contribution in [0, 0.1) is 5.92 Å². The van der Waals surface area contributed by atoms with Gasteiger partial charge in [0, 0.05) is 18.8 Å². The van der Waals surface area contributed by atoms with Gasteiger partial charge in [0.1, 0.15) is 12.4 Å².